The molecule has 0 aliphatic carbocycles. The third kappa shape index (κ3) is 5.01. The van der Waals surface area contributed by atoms with Crippen LogP contribution in [0.5, 0.6) is 0 Å². The van der Waals surface area contributed by atoms with E-state index >= 15 is 0 Å². The number of benzene rings is 1. The van der Waals surface area contributed by atoms with Crippen LogP contribution in [0.3, 0.4) is 0 Å². The second-order valence-electron chi connectivity index (χ2n) is 2.81. The Labute approximate surface area is 92.3 Å². The summed E-state index contributed by atoms with van der Waals surface area (Å²) < 4.78 is 0. The lowest BCUT2D eigenvalue weighted by Gasteiger charge is -1.99. The maximum atomic E-state index is 4.57. The second kappa shape index (κ2) is 7.80. The maximum absolute atomic E-state index is 4.57. The molecular weight excluding hydrogens is 186 g/mol. The summed E-state index contributed by atoms with van der Waals surface area (Å²) in [6.07, 6.45) is 1.60. The highest BCUT2D eigenvalue weighted by molar-refractivity contribution is 6.08. The lowest BCUT2D eigenvalue weighted by molar-refractivity contribution is 0.216. The lowest BCUT2D eigenvalue weighted by atomic mass is 10.1. The minimum Gasteiger partial charge on any atom is -0.399 e. The molecule has 2 nitrogen and oxygen atoms in total. The number of rotatable bonds is 3. The van der Waals surface area contributed by atoms with Gasteiger partial charge in [-0.25, -0.2) is 0 Å². The summed E-state index contributed by atoms with van der Waals surface area (Å²) in [4.78, 5) is 4.57. The third-order valence-electron chi connectivity index (χ3n) is 1.74. The number of aryl methyl sites for hydroxylation is 1. The number of hydrogen-bond donors (Lipinski definition) is 0. The van der Waals surface area contributed by atoms with Gasteiger partial charge in [-0.15, -0.1) is 0 Å². The first-order valence-corrected chi connectivity index (χ1v) is 5.06. The van der Waals surface area contributed by atoms with Crippen LogP contribution in [-0.2, 0) is 4.84 Å². The molecule has 0 aliphatic heterocycles. The average Bonchev–Trinajstić information content (AvgIpc) is 2.29. The smallest absolute Gasteiger partial charge is 0.106 e. The largest absolute Gasteiger partial charge is 0.399 e. The Kier molecular flexibility index (Phi) is 6.98. The second-order valence-corrected chi connectivity index (χ2v) is 2.81. The van der Waals surface area contributed by atoms with Crippen molar-refractivity contribution in [2.45, 2.75) is 20.8 Å². The highest BCUT2D eigenvalue weighted by Crippen LogP contribution is 2.10. The Hall–Kier alpha value is -1.57. The predicted octanol–water partition coefficient (Wildman–Crippen LogP) is 3.67. The van der Waals surface area contributed by atoms with Gasteiger partial charge in [-0.05, 0) is 18.1 Å². The maximum Gasteiger partial charge on any atom is 0.106 e. The molecule has 0 aliphatic rings. The standard InChI is InChI=1S/C11H13NO.C2H6/c1-9-4-6-11(7-5-9)10(2)8-12-13-3;1-2/h4-8H,2H2,1,3H3;1-2H3/b12-8-;. The molecule has 0 N–H and O–H groups in total. The van der Waals surface area contributed by atoms with E-state index in [0.717, 1.165) is 11.1 Å². The highest BCUT2D eigenvalue weighted by atomic mass is 16.6. The Bertz CT molecular complexity index is 312. The van der Waals surface area contributed by atoms with Crippen LogP contribution in [0.2, 0.25) is 0 Å². The summed E-state index contributed by atoms with van der Waals surface area (Å²) in [6.45, 7) is 9.91. The Balaban J connectivity index is 0.000000921. The summed E-state index contributed by atoms with van der Waals surface area (Å²) in [5.74, 6) is 0. The molecule has 15 heavy (non-hydrogen) atoms. The van der Waals surface area contributed by atoms with Gasteiger partial charge in [0.15, 0.2) is 0 Å². The zero-order chi connectivity index (χ0) is 11.7. The van der Waals surface area contributed by atoms with Crippen molar-refractivity contribution in [1.82, 2.24) is 0 Å². The van der Waals surface area contributed by atoms with Crippen molar-refractivity contribution in [3.05, 3.63) is 42.0 Å². The number of allylic oxidation sites excluding steroid dienone is 1. The van der Waals surface area contributed by atoms with E-state index in [1.165, 1.54) is 12.7 Å². The zero-order valence-electron chi connectivity index (χ0n) is 9.95. The minimum atomic E-state index is 0.849. The van der Waals surface area contributed by atoms with Crippen LogP contribution < -0.4 is 0 Å². The zero-order valence-corrected chi connectivity index (χ0v) is 9.95. The quantitative estimate of drug-likeness (QED) is 0.545. The molecule has 1 rings (SSSR count). The first kappa shape index (κ1) is 13.4. The van der Waals surface area contributed by atoms with E-state index < -0.39 is 0 Å². The first-order chi connectivity index (χ1) is 7.24. The molecule has 0 unspecified atom stereocenters. The van der Waals surface area contributed by atoms with Crippen molar-refractivity contribution < 1.29 is 4.84 Å². The van der Waals surface area contributed by atoms with Gasteiger partial charge in [-0.3, -0.25) is 0 Å². The van der Waals surface area contributed by atoms with Crippen molar-refractivity contribution >= 4 is 11.8 Å². The summed E-state index contributed by atoms with van der Waals surface area (Å²) in [5.41, 5.74) is 3.15. The van der Waals surface area contributed by atoms with Gasteiger partial charge in [0.05, 0.1) is 6.21 Å². The fourth-order valence-electron chi connectivity index (χ4n) is 0.958. The number of oxime groups is 1. The van der Waals surface area contributed by atoms with E-state index in [1.54, 1.807) is 6.21 Å². The Morgan fingerprint density at radius 3 is 2.27 bits per heavy atom. The fourth-order valence-corrected chi connectivity index (χ4v) is 0.958. The molecule has 0 saturated heterocycles. The molecule has 1 aromatic carbocycles. The molecule has 1 aromatic rings. The summed E-state index contributed by atoms with van der Waals surface area (Å²) in [6, 6.07) is 8.11. The highest BCUT2D eigenvalue weighted by Gasteiger charge is 1.94. The average molecular weight is 205 g/mol. The van der Waals surface area contributed by atoms with Crippen molar-refractivity contribution in [3.63, 3.8) is 0 Å². The molecule has 0 aromatic heterocycles. The van der Waals surface area contributed by atoms with Crippen molar-refractivity contribution in [1.29, 1.82) is 0 Å². The SMILES string of the molecule is C=C(/C=N\OC)c1ccc(C)cc1.CC. The normalized spacial score (nSPS) is 9.33. The minimum absolute atomic E-state index is 0.849. The van der Waals surface area contributed by atoms with Crippen LogP contribution in [0, 0.1) is 6.92 Å². The van der Waals surface area contributed by atoms with Crippen LogP contribution in [0.1, 0.15) is 25.0 Å². The van der Waals surface area contributed by atoms with E-state index in [4.69, 9.17) is 0 Å². The third-order valence-corrected chi connectivity index (χ3v) is 1.74. The van der Waals surface area contributed by atoms with Gasteiger partial charge in [0, 0.05) is 0 Å². The van der Waals surface area contributed by atoms with E-state index in [-0.39, 0.29) is 0 Å². The van der Waals surface area contributed by atoms with Gasteiger partial charge < -0.3 is 4.84 Å². The molecule has 82 valence electrons. The van der Waals surface area contributed by atoms with E-state index in [9.17, 15) is 0 Å². The van der Waals surface area contributed by atoms with E-state index in [2.05, 4.69) is 23.5 Å². The number of nitrogens with zero attached hydrogens (tertiary/aromatic N) is 1. The predicted molar refractivity (Wildman–Crippen MR) is 67.1 cm³/mol. The van der Waals surface area contributed by atoms with Crippen LogP contribution in [0.25, 0.3) is 5.57 Å². The van der Waals surface area contributed by atoms with Gasteiger partial charge in [0.1, 0.15) is 7.11 Å². The van der Waals surface area contributed by atoms with Gasteiger partial charge >= 0.3 is 0 Å². The molecule has 0 saturated carbocycles. The molecular formula is C13H19NO. The van der Waals surface area contributed by atoms with E-state index in [1.807, 2.05) is 38.1 Å². The summed E-state index contributed by atoms with van der Waals surface area (Å²) in [5, 5.41) is 3.65. The molecule has 0 fully saturated rings. The van der Waals surface area contributed by atoms with Crippen molar-refractivity contribution in [3.8, 4) is 0 Å². The van der Waals surface area contributed by atoms with E-state index in [0.29, 0.717) is 0 Å². The van der Waals surface area contributed by atoms with Crippen LogP contribution >= 0.6 is 0 Å². The molecule has 0 heterocycles. The molecule has 0 atom stereocenters. The van der Waals surface area contributed by atoms with Gasteiger partial charge in [-0.2, -0.15) is 0 Å². The van der Waals surface area contributed by atoms with Gasteiger partial charge in [0.25, 0.3) is 0 Å². The Morgan fingerprint density at radius 2 is 1.80 bits per heavy atom. The van der Waals surface area contributed by atoms with Gasteiger partial charge in [0.2, 0.25) is 0 Å². The molecule has 0 bridgehead atoms. The number of hydrogen-bond acceptors (Lipinski definition) is 2. The lowest BCUT2D eigenvalue weighted by Crippen LogP contribution is -1.84. The fraction of sp³-hybridized carbons (Fsp3) is 0.308. The molecule has 2 heteroatoms. The van der Waals surface area contributed by atoms with Crippen molar-refractivity contribution in [2.75, 3.05) is 7.11 Å². The van der Waals surface area contributed by atoms with Crippen molar-refractivity contribution in [2.24, 2.45) is 5.16 Å². The summed E-state index contributed by atoms with van der Waals surface area (Å²) in [7, 11) is 1.51. The van der Waals surface area contributed by atoms with Gasteiger partial charge in [-0.1, -0.05) is 55.4 Å². The monoisotopic (exact) mass is 205 g/mol. The first-order valence-electron chi connectivity index (χ1n) is 5.06. The molecule has 0 spiro atoms. The molecule has 0 radical (unpaired) electrons. The Morgan fingerprint density at radius 1 is 1.27 bits per heavy atom. The van der Waals surface area contributed by atoms with Crippen LogP contribution in [-0.4, -0.2) is 13.3 Å². The van der Waals surface area contributed by atoms with Crippen LogP contribution in [0.4, 0.5) is 0 Å². The van der Waals surface area contributed by atoms with Crippen LogP contribution in [0.15, 0.2) is 36.0 Å². The summed E-state index contributed by atoms with van der Waals surface area (Å²) >= 11 is 0. The molecule has 0 amide bonds. The topological polar surface area (TPSA) is 21.6 Å².